The van der Waals surface area contributed by atoms with Gasteiger partial charge in [-0.3, -0.25) is 0 Å². The zero-order valence-corrected chi connectivity index (χ0v) is 12.0. The van der Waals surface area contributed by atoms with E-state index in [1.807, 2.05) is 12.1 Å². The lowest BCUT2D eigenvalue weighted by atomic mass is 9.92. The molecule has 2 nitrogen and oxygen atoms in total. The number of benzene rings is 1. The topological polar surface area (TPSA) is 29.3 Å². The van der Waals surface area contributed by atoms with E-state index in [1.54, 1.807) is 12.1 Å². The first-order chi connectivity index (χ1) is 8.94. The molecule has 0 bridgehead atoms. The molecule has 0 radical (unpaired) electrons. The van der Waals surface area contributed by atoms with Gasteiger partial charge >= 0.3 is 0 Å². The number of nitrogens with two attached hydrogens (primary N) is 1. The largest absolute Gasteiger partial charge is 0.324 e. The minimum Gasteiger partial charge on any atom is -0.324 e. The maximum atomic E-state index is 13.0. The van der Waals surface area contributed by atoms with E-state index < -0.39 is 0 Å². The first-order valence-electron chi connectivity index (χ1n) is 7.21. The van der Waals surface area contributed by atoms with E-state index in [9.17, 15) is 4.39 Å². The molecule has 0 aliphatic carbocycles. The zero-order valence-electron chi connectivity index (χ0n) is 12.0. The highest BCUT2D eigenvalue weighted by atomic mass is 19.1. The SMILES string of the molecule is CC(C)(N)CN1CCCC(c2ccc(F)cc2)CC1. The summed E-state index contributed by atoms with van der Waals surface area (Å²) in [7, 11) is 0. The summed E-state index contributed by atoms with van der Waals surface area (Å²) in [5.74, 6) is 0.412. The summed E-state index contributed by atoms with van der Waals surface area (Å²) in [6.07, 6.45) is 3.52. The Bertz CT molecular complexity index is 394. The molecule has 2 rings (SSSR count). The smallest absolute Gasteiger partial charge is 0.123 e. The van der Waals surface area contributed by atoms with Crippen molar-refractivity contribution in [2.75, 3.05) is 19.6 Å². The highest BCUT2D eigenvalue weighted by molar-refractivity contribution is 5.20. The Balaban J connectivity index is 1.95. The van der Waals surface area contributed by atoms with Gasteiger partial charge in [0.2, 0.25) is 0 Å². The van der Waals surface area contributed by atoms with Crippen molar-refractivity contribution >= 4 is 0 Å². The number of halogens is 1. The average molecular weight is 264 g/mol. The molecule has 1 aliphatic rings. The van der Waals surface area contributed by atoms with Crippen LogP contribution in [0.1, 0.15) is 44.6 Å². The van der Waals surface area contributed by atoms with E-state index in [-0.39, 0.29) is 11.4 Å². The summed E-state index contributed by atoms with van der Waals surface area (Å²) in [6.45, 7) is 7.31. The summed E-state index contributed by atoms with van der Waals surface area (Å²) in [4.78, 5) is 2.46. The first-order valence-corrected chi connectivity index (χ1v) is 7.21. The molecule has 1 aromatic rings. The fourth-order valence-electron chi connectivity index (χ4n) is 2.96. The van der Waals surface area contributed by atoms with Crippen molar-refractivity contribution in [2.24, 2.45) is 5.73 Å². The van der Waals surface area contributed by atoms with Crippen molar-refractivity contribution in [3.05, 3.63) is 35.6 Å². The molecule has 1 heterocycles. The Morgan fingerprint density at radius 1 is 1.21 bits per heavy atom. The van der Waals surface area contributed by atoms with Crippen LogP contribution in [0.25, 0.3) is 0 Å². The van der Waals surface area contributed by atoms with E-state index in [1.165, 1.54) is 18.4 Å². The molecule has 1 aromatic carbocycles. The predicted molar refractivity (Wildman–Crippen MR) is 77.7 cm³/mol. The van der Waals surface area contributed by atoms with Crippen molar-refractivity contribution in [3.63, 3.8) is 0 Å². The Morgan fingerprint density at radius 2 is 1.89 bits per heavy atom. The van der Waals surface area contributed by atoms with Gasteiger partial charge in [-0.05, 0) is 69.8 Å². The fourth-order valence-corrected chi connectivity index (χ4v) is 2.96. The molecule has 1 saturated heterocycles. The Kier molecular flexibility index (Phi) is 4.58. The standard InChI is InChI=1S/C16H25FN2/c1-16(2,18)12-19-10-3-4-13(9-11-19)14-5-7-15(17)8-6-14/h5-8,13H,3-4,9-12,18H2,1-2H3. The predicted octanol–water partition coefficient (Wildman–Crippen LogP) is 3.13. The lowest BCUT2D eigenvalue weighted by Gasteiger charge is -2.28. The van der Waals surface area contributed by atoms with E-state index in [0.29, 0.717) is 5.92 Å². The zero-order chi connectivity index (χ0) is 13.9. The number of hydrogen-bond acceptors (Lipinski definition) is 2. The van der Waals surface area contributed by atoms with Gasteiger partial charge in [-0.15, -0.1) is 0 Å². The number of nitrogens with zero attached hydrogens (tertiary/aromatic N) is 1. The molecule has 3 heteroatoms. The summed E-state index contributed by atoms with van der Waals surface area (Å²) < 4.78 is 13.0. The lowest BCUT2D eigenvalue weighted by Crippen LogP contribution is -2.45. The molecule has 1 fully saturated rings. The highest BCUT2D eigenvalue weighted by Crippen LogP contribution is 2.28. The molecule has 0 amide bonds. The summed E-state index contributed by atoms with van der Waals surface area (Å²) in [5.41, 5.74) is 7.24. The first kappa shape index (κ1) is 14.5. The van der Waals surface area contributed by atoms with Gasteiger partial charge in [-0.25, -0.2) is 4.39 Å². The number of likely N-dealkylation sites (tertiary alicyclic amines) is 1. The molecular weight excluding hydrogens is 239 g/mol. The maximum absolute atomic E-state index is 13.0. The summed E-state index contributed by atoms with van der Waals surface area (Å²) >= 11 is 0. The molecule has 0 spiro atoms. The normalized spacial score (nSPS) is 22.2. The van der Waals surface area contributed by atoms with Crippen LogP contribution in [0.3, 0.4) is 0 Å². The van der Waals surface area contributed by atoms with Crippen LogP contribution in [-0.4, -0.2) is 30.1 Å². The molecule has 1 unspecified atom stereocenters. The Hall–Kier alpha value is -0.930. The van der Waals surface area contributed by atoms with Crippen molar-refractivity contribution < 1.29 is 4.39 Å². The molecule has 2 N–H and O–H groups in total. The van der Waals surface area contributed by atoms with Gasteiger partial charge in [0.15, 0.2) is 0 Å². The molecule has 106 valence electrons. The van der Waals surface area contributed by atoms with Gasteiger partial charge in [0.05, 0.1) is 0 Å². The van der Waals surface area contributed by atoms with Crippen LogP contribution in [0.4, 0.5) is 4.39 Å². The van der Waals surface area contributed by atoms with Gasteiger partial charge < -0.3 is 10.6 Å². The number of rotatable bonds is 3. The third-order valence-electron chi connectivity index (χ3n) is 3.79. The average Bonchev–Trinajstić information content (AvgIpc) is 2.54. The van der Waals surface area contributed by atoms with Crippen LogP contribution in [0.5, 0.6) is 0 Å². The molecule has 1 atom stereocenters. The van der Waals surface area contributed by atoms with E-state index in [0.717, 1.165) is 26.1 Å². The second-order valence-corrected chi connectivity index (χ2v) is 6.44. The van der Waals surface area contributed by atoms with Gasteiger partial charge in [-0.1, -0.05) is 12.1 Å². The summed E-state index contributed by atoms with van der Waals surface area (Å²) in [5, 5.41) is 0. The lowest BCUT2D eigenvalue weighted by molar-refractivity contribution is 0.233. The van der Waals surface area contributed by atoms with E-state index in [4.69, 9.17) is 5.73 Å². The quantitative estimate of drug-likeness (QED) is 0.909. The van der Waals surface area contributed by atoms with Crippen molar-refractivity contribution in [2.45, 2.75) is 44.6 Å². The van der Waals surface area contributed by atoms with Crippen LogP contribution >= 0.6 is 0 Å². The van der Waals surface area contributed by atoms with Crippen LogP contribution in [-0.2, 0) is 0 Å². The molecular formula is C16H25FN2. The van der Waals surface area contributed by atoms with E-state index in [2.05, 4.69) is 18.7 Å². The molecule has 0 aromatic heterocycles. The third-order valence-corrected chi connectivity index (χ3v) is 3.79. The Morgan fingerprint density at radius 3 is 2.53 bits per heavy atom. The van der Waals surface area contributed by atoms with Gasteiger partial charge in [0, 0.05) is 12.1 Å². The van der Waals surface area contributed by atoms with Crippen LogP contribution in [0, 0.1) is 5.82 Å². The fraction of sp³-hybridized carbons (Fsp3) is 0.625. The highest BCUT2D eigenvalue weighted by Gasteiger charge is 2.22. The molecule has 0 saturated carbocycles. The molecule has 19 heavy (non-hydrogen) atoms. The second kappa shape index (κ2) is 6.02. The van der Waals surface area contributed by atoms with Crippen molar-refractivity contribution in [3.8, 4) is 0 Å². The van der Waals surface area contributed by atoms with Crippen LogP contribution < -0.4 is 5.73 Å². The Labute approximate surface area is 115 Å². The van der Waals surface area contributed by atoms with Crippen molar-refractivity contribution in [1.82, 2.24) is 4.90 Å². The van der Waals surface area contributed by atoms with Gasteiger partial charge in [0.25, 0.3) is 0 Å². The second-order valence-electron chi connectivity index (χ2n) is 6.44. The number of hydrogen-bond donors (Lipinski definition) is 1. The minimum atomic E-state index is -0.149. The summed E-state index contributed by atoms with van der Waals surface area (Å²) in [6, 6.07) is 7.01. The van der Waals surface area contributed by atoms with Crippen LogP contribution in [0.2, 0.25) is 0 Å². The monoisotopic (exact) mass is 264 g/mol. The minimum absolute atomic E-state index is 0.129. The van der Waals surface area contributed by atoms with Gasteiger partial charge in [-0.2, -0.15) is 0 Å². The van der Waals surface area contributed by atoms with Crippen LogP contribution in [0.15, 0.2) is 24.3 Å². The van der Waals surface area contributed by atoms with Gasteiger partial charge in [0.1, 0.15) is 5.82 Å². The third kappa shape index (κ3) is 4.59. The van der Waals surface area contributed by atoms with Crippen molar-refractivity contribution in [1.29, 1.82) is 0 Å². The maximum Gasteiger partial charge on any atom is 0.123 e. The van der Waals surface area contributed by atoms with E-state index >= 15 is 0 Å². The molecule has 1 aliphatic heterocycles.